The third-order valence-corrected chi connectivity index (χ3v) is 3.26. The van der Waals surface area contributed by atoms with Gasteiger partial charge in [-0.2, -0.15) is 5.10 Å². The molecule has 1 amide bonds. The molecule has 0 saturated carbocycles. The molecule has 0 bridgehead atoms. The largest absolute Gasteiger partial charge is 0.444 e. The first-order valence-corrected chi connectivity index (χ1v) is 8.55. The Morgan fingerprint density at radius 1 is 1.35 bits per heavy atom. The predicted octanol–water partition coefficient (Wildman–Crippen LogP) is 3.08. The normalized spacial score (nSPS) is 12.9. The van der Waals surface area contributed by atoms with Gasteiger partial charge in [-0.3, -0.25) is 4.68 Å². The Balaban J connectivity index is 2.40. The fraction of sp³-hybridized carbons (Fsp3) is 0.765. The highest BCUT2D eigenvalue weighted by Gasteiger charge is 2.17. The van der Waals surface area contributed by atoms with Crippen LogP contribution >= 0.6 is 0 Å². The predicted molar refractivity (Wildman–Crippen MR) is 92.3 cm³/mol. The van der Waals surface area contributed by atoms with Gasteiger partial charge in [0, 0.05) is 37.4 Å². The second-order valence-corrected chi connectivity index (χ2v) is 6.86. The monoisotopic (exact) mass is 324 g/mol. The highest BCUT2D eigenvalue weighted by Crippen LogP contribution is 2.07. The minimum Gasteiger partial charge on any atom is -0.444 e. The van der Waals surface area contributed by atoms with Crippen LogP contribution in [0.4, 0.5) is 4.79 Å². The molecule has 1 rings (SSSR count). The van der Waals surface area contributed by atoms with Crippen LogP contribution in [0.15, 0.2) is 12.4 Å². The van der Waals surface area contributed by atoms with Crippen molar-refractivity contribution in [1.29, 1.82) is 0 Å². The maximum absolute atomic E-state index is 11.7. The molecule has 1 atom stereocenters. The summed E-state index contributed by atoms with van der Waals surface area (Å²) >= 11 is 0. The lowest BCUT2D eigenvalue weighted by Gasteiger charge is -2.22. The second-order valence-electron chi connectivity index (χ2n) is 6.86. The average molecular weight is 324 g/mol. The molecule has 0 saturated heterocycles. The molecule has 0 spiro atoms. The Labute approximate surface area is 140 Å². The Hall–Kier alpha value is -1.56. The second kappa shape index (κ2) is 9.55. The average Bonchev–Trinajstić information content (AvgIpc) is 2.88. The summed E-state index contributed by atoms with van der Waals surface area (Å²) < 4.78 is 7.23. The van der Waals surface area contributed by atoms with Crippen LogP contribution in [0.1, 0.15) is 59.4 Å². The summed E-state index contributed by atoms with van der Waals surface area (Å²) in [5.41, 5.74) is 0.697. The Morgan fingerprint density at radius 3 is 2.70 bits per heavy atom. The molecule has 0 fully saturated rings. The molecule has 0 radical (unpaired) electrons. The van der Waals surface area contributed by atoms with E-state index < -0.39 is 5.60 Å². The van der Waals surface area contributed by atoms with Gasteiger partial charge in [0.2, 0.25) is 0 Å². The number of carbonyl (C=O) groups is 1. The first-order valence-electron chi connectivity index (χ1n) is 8.55. The molecule has 0 aliphatic rings. The van der Waals surface area contributed by atoms with Crippen molar-refractivity contribution in [2.45, 2.75) is 78.6 Å². The van der Waals surface area contributed by atoms with Crippen LogP contribution in [0.5, 0.6) is 0 Å². The van der Waals surface area contributed by atoms with Crippen molar-refractivity contribution in [1.82, 2.24) is 20.4 Å². The van der Waals surface area contributed by atoms with Crippen molar-refractivity contribution in [2.24, 2.45) is 0 Å². The van der Waals surface area contributed by atoms with Crippen molar-refractivity contribution in [3.05, 3.63) is 18.0 Å². The number of hydrogen-bond donors (Lipinski definition) is 2. The fourth-order valence-corrected chi connectivity index (χ4v) is 2.26. The number of rotatable bonds is 9. The number of nitrogens with zero attached hydrogens (tertiary/aromatic N) is 2. The van der Waals surface area contributed by atoms with E-state index in [1.807, 2.05) is 31.6 Å². The van der Waals surface area contributed by atoms with E-state index in [1.54, 1.807) is 0 Å². The van der Waals surface area contributed by atoms with Crippen LogP contribution in [-0.2, 0) is 17.8 Å². The van der Waals surface area contributed by atoms with E-state index in [2.05, 4.69) is 35.8 Å². The minimum atomic E-state index is -0.467. The summed E-state index contributed by atoms with van der Waals surface area (Å²) in [6.07, 6.45) is 6.73. The minimum absolute atomic E-state index is 0.224. The molecule has 1 unspecified atom stereocenters. The maximum atomic E-state index is 11.7. The van der Waals surface area contributed by atoms with Gasteiger partial charge in [-0.1, -0.05) is 20.3 Å². The molecule has 2 N–H and O–H groups in total. The van der Waals surface area contributed by atoms with Gasteiger partial charge in [0.1, 0.15) is 5.60 Å². The molecule has 0 aliphatic carbocycles. The van der Waals surface area contributed by atoms with Gasteiger partial charge < -0.3 is 15.4 Å². The molecular formula is C17H32N4O2. The van der Waals surface area contributed by atoms with Crippen molar-refractivity contribution < 1.29 is 9.53 Å². The zero-order chi connectivity index (χ0) is 17.3. The molecule has 23 heavy (non-hydrogen) atoms. The number of carbonyl (C=O) groups excluding carboxylic acids is 1. The van der Waals surface area contributed by atoms with Gasteiger partial charge in [-0.15, -0.1) is 0 Å². The van der Waals surface area contributed by atoms with Crippen LogP contribution < -0.4 is 10.6 Å². The number of nitrogens with one attached hydrogen (secondary N) is 2. The van der Waals surface area contributed by atoms with Crippen molar-refractivity contribution in [2.75, 3.05) is 6.54 Å². The molecule has 1 aromatic rings. The van der Waals surface area contributed by atoms with Gasteiger partial charge in [0.25, 0.3) is 0 Å². The molecule has 0 aliphatic heterocycles. The van der Waals surface area contributed by atoms with Crippen LogP contribution in [0.3, 0.4) is 0 Å². The molecule has 1 aromatic heterocycles. The van der Waals surface area contributed by atoms with E-state index in [-0.39, 0.29) is 12.1 Å². The SMILES string of the molecule is CCCC(CNC(=O)OC(C)(C)C)NCc1cnn(CCC)c1. The van der Waals surface area contributed by atoms with Crippen LogP contribution in [-0.4, -0.2) is 34.1 Å². The van der Waals surface area contributed by atoms with Crippen molar-refractivity contribution in [3.63, 3.8) is 0 Å². The number of ether oxygens (including phenoxy) is 1. The number of aromatic nitrogens is 2. The maximum Gasteiger partial charge on any atom is 0.407 e. The van der Waals surface area contributed by atoms with Crippen molar-refractivity contribution in [3.8, 4) is 0 Å². The third kappa shape index (κ3) is 8.59. The summed E-state index contributed by atoms with van der Waals surface area (Å²) in [6.45, 7) is 12.1. The quantitative estimate of drug-likeness (QED) is 0.732. The van der Waals surface area contributed by atoms with Gasteiger partial charge in [-0.05, 0) is 33.6 Å². The summed E-state index contributed by atoms with van der Waals surface area (Å²) in [6, 6.07) is 0.224. The fourth-order valence-electron chi connectivity index (χ4n) is 2.26. The van der Waals surface area contributed by atoms with Crippen LogP contribution in [0.25, 0.3) is 0 Å². The first kappa shape index (κ1) is 19.5. The summed E-state index contributed by atoms with van der Waals surface area (Å²) in [5.74, 6) is 0. The Morgan fingerprint density at radius 2 is 2.09 bits per heavy atom. The number of amides is 1. The van der Waals surface area contributed by atoms with E-state index in [0.717, 1.165) is 37.9 Å². The Kier molecular flexibility index (Phi) is 8.09. The smallest absolute Gasteiger partial charge is 0.407 e. The summed E-state index contributed by atoms with van der Waals surface area (Å²) in [5, 5.41) is 10.7. The highest BCUT2D eigenvalue weighted by atomic mass is 16.6. The van der Waals surface area contributed by atoms with E-state index >= 15 is 0 Å². The van der Waals surface area contributed by atoms with E-state index in [1.165, 1.54) is 0 Å². The first-order chi connectivity index (χ1) is 10.8. The Bertz CT molecular complexity index is 465. The number of alkyl carbamates (subject to hydrolysis) is 1. The van der Waals surface area contributed by atoms with Gasteiger partial charge in [-0.25, -0.2) is 4.79 Å². The number of hydrogen-bond acceptors (Lipinski definition) is 4. The van der Waals surface area contributed by atoms with E-state index in [4.69, 9.17) is 4.74 Å². The third-order valence-electron chi connectivity index (χ3n) is 3.26. The van der Waals surface area contributed by atoms with Crippen LogP contribution in [0, 0.1) is 0 Å². The summed E-state index contributed by atoms with van der Waals surface area (Å²) in [7, 11) is 0. The zero-order valence-corrected chi connectivity index (χ0v) is 15.2. The van der Waals surface area contributed by atoms with Gasteiger partial charge in [0.05, 0.1) is 6.20 Å². The molecule has 6 nitrogen and oxygen atoms in total. The standard InChI is InChI=1S/C17H32N4O2/c1-6-8-15(12-19-16(22)23-17(3,4)5)18-10-14-11-20-21(13-14)9-7-2/h11,13,15,18H,6-10,12H2,1-5H3,(H,19,22). The lowest BCUT2D eigenvalue weighted by atomic mass is 10.1. The highest BCUT2D eigenvalue weighted by molar-refractivity contribution is 5.67. The summed E-state index contributed by atoms with van der Waals surface area (Å²) in [4.78, 5) is 11.7. The lowest BCUT2D eigenvalue weighted by Crippen LogP contribution is -2.42. The molecule has 6 heteroatoms. The van der Waals surface area contributed by atoms with Crippen LogP contribution in [0.2, 0.25) is 0 Å². The molecule has 132 valence electrons. The molecular weight excluding hydrogens is 292 g/mol. The zero-order valence-electron chi connectivity index (χ0n) is 15.2. The molecule has 1 heterocycles. The van der Waals surface area contributed by atoms with E-state index in [0.29, 0.717) is 6.54 Å². The van der Waals surface area contributed by atoms with Crippen molar-refractivity contribution >= 4 is 6.09 Å². The van der Waals surface area contributed by atoms with Gasteiger partial charge >= 0.3 is 6.09 Å². The van der Waals surface area contributed by atoms with E-state index in [9.17, 15) is 4.79 Å². The topological polar surface area (TPSA) is 68.2 Å². The lowest BCUT2D eigenvalue weighted by molar-refractivity contribution is 0.0521. The van der Waals surface area contributed by atoms with Gasteiger partial charge in [0.15, 0.2) is 0 Å². The molecule has 0 aromatic carbocycles. The number of aryl methyl sites for hydroxylation is 1.